The minimum absolute atomic E-state index is 0.143. The Morgan fingerprint density at radius 3 is 2.50 bits per heavy atom. The number of aryl methyl sites for hydroxylation is 1. The highest BCUT2D eigenvalue weighted by atomic mass is 16.4. The van der Waals surface area contributed by atoms with Gasteiger partial charge in [0.05, 0.1) is 0 Å². The molecule has 5 nitrogen and oxygen atoms in total. The third-order valence-electron chi connectivity index (χ3n) is 3.25. The lowest BCUT2D eigenvalue weighted by molar-refractivity contribution is -0.147. The van der Waals surface area contributed by atoms with Crippen molar-refractivity contribution in [2.75, 3.05) is 0 Å². The Kier molecular flexibility index (Phi) is 5.55. The third kappa shape index (κ3) is 4.26. The lowest BCUT2D eigenvalue weighted by Gasteiger charge is -2.25. The Morgan fingerprint density at radius 1 is 1.30 bits per heavy atom. The molecule has 0 fully saturated rings. The first kappa shape index (κ1) is 16.0. The molecule has 0 aliphatic rings. The van der Waals surface area contributed by atoms with Crippen LogP contribution in [-0.4, -0.2) is 27.6 Å². The van der Waals surface area contributed by atoms with Gasteiger partial charge in [-0.1, -0.05) is 31.5 Å². The topological polar surface area (TPSA) is 86.6 Å². The molecule has 0 radical (unpaired) electrons. The quantitative estimate of drug-likeness (QED) is 0.713. The normalized spacial score (nSPS) is 13.5. The van der Waals surface area contributed by atoms with Crippen molar-refractivity contribution in [2.45, 2.75) is 45.1 Å². The summed E-state index contributed by atoms with van der Waals surface area (Å²) in [7, 11) is 0. The summed E-state index contributed by atoms with van der Waals surface area (Å²) in [6.07, 6.45) is 1.57. The number of nitrogens with one attached hydrogen (secondary N) is 1. The molecule has 0 heterocycles. The number of hydrogen-bond acceptors (Lipinski definition) is 3. The van der Waals surface area contributed by atoms with Gasteiger partial charge in [-0.05, 0) is 31.4 Å². The predicted molar refractivity (Wildman–Crippen MR) is 75.5 cm³/mol. The minimum Gasteiger partial charge on any atom is -0.508 e. The number of hydrogen-bond donors (Lipinski definition) is 3. The van der Waals surface area contributed by atoms with Crippen molar-refractivity contribution in [3.63, 3.8) is 0 Å². The molecule has 1 aromatic rings. The largest absolute Gasteiger partial charge is 0.508 e. The number of rotatable bonds is 7. The Hall–Kier alpha value is -2.04. The summed E-state index contributed by atoms with van der Waals surface area (Å²) in [6, 6.07) is 6.80. The molecule has 0 saturated carbocycles. The molecule has 0 bridgehead atoms. The zero-order valence-electron chi connectivity index (χ0n) is 11.8. The fraction of sp³-hybridized carbons (Fsp3) is 0.467. The maximum atomic E-state index is 11.9. The van der Waals surface area contributed by atoms with Gasteiger partial charge in [-0.3, -0.25) is 4.79 Å². The number of amides is 1. The van der Waals surface area contributed by atoms with Crippen molar-refractivity contribution in [2.24, 2.45) is 0 Å². The highest BCUT2D eigenvalue weighted by Gasteiger charge is 2.33. The lowest BCUT2D eigenvalue weighted by atomic mass is 9.96. The highest BCUT2D eigenvalue weighted by molar-refractivity contribution is 5.86. The Labute approximate surface area is 118 Å². The van der Waals surface area contributed by atoms with Crippen LogP contribution < -0.4 is 5.32 Å². The first-order chi connectivity index (χ1) is 9.39. The molecule has 20 heavy (non-hydrogen) atoms. The molecule has 0 saturated heterocycles. The number of aromatic hydroxyl groups is 1. The molecular formula is C15H21NO4. The number of carbonyl (C=O) groups is 2. The number of para-hydroxylation sites is 1. The van der Waals surface area contributed by atoms with Crippen LogP contribution in [0.4, 0.5) is 0 Å². The maximum Gasteiger partial charge on any atom is 0.329 e. The number of carboxylic acids is 1. The van der Waals surface area contributed by atoms with Crippen LogP contribution in [0.2, 0.25) is 0 Å². The standard InChI is InChI=1S/C15H21NO4/c1-3-10-15(2,14(19)20)16-13(18)9-8-11-6-4-5-7-12(11)17/h4-7,17H,3,8-10H2,1-2H3,(H,16,18)(H,19,20). The van der Waals surface area contributed by atoms with Crippen LogP contribution in [-0.2, 0) is 16.0 Å². The van der Waals surface area contributed by atoms with Gasteiger partial charge < -0.3 is 15.5 Å². The molecule has 0 aliphatic carbocycles. The van der Waals surface area contributed by atoms with Crippen LogP contribution >= 0.6 is 0 Å². The van der Waals surface area contributed by atoms with Crippen LogP contribution in [0.25, 0.3) is 0 Å². The maximum absolute atomic E-state index is 11.9. The second-order valence-electron chi connectivity index (χ2n) is 5.06. The van der Waals surface area contributed by atoms with E-state index in [4.69, 9.17) is 0 Å². The van der Waals surface area contributed by atoms with E-state index in [-0.39, 0.29) is 18.1 Å². The summed E-state index contributed by atoms with van der Waals surface area (Å²) in [5.41, 5.74) is -0.555. The van der Waals surface area contributed by atoms with Gasteiger partial charge in [0.1, 0.15) is 11.3 Å². The second kappa shape index (κ2) is 6.93. The van der Waals surface area contributed by atoms with E-state index < -0.39 is 11.5 Å². The van der Waals surface area contributed by atoms with Gasteiger partial charge in [0, 0.05) is 6.42 Å². The molecule has 0 aliphatic heterocycles. The van der Waals surface area contributed by atoms with Crippen LogP contribution in [0.15, 0.2) is 24.3 Å². The van der Waals surface area contributed by atoms with Gasteiger partial charge in [-0.2, -0.15) is 0 Å². The SMILES string of the molecule is CCCC(C)(NC(=O)CCc1ccccc1O)C(=O)O. The second-order valence-corrected chi connectivity index (χ2v) is 5.06. The summed E-state index contributed by atoms with van der Waals surface area (Å²) in [6.45, 7) is 3.38. The van der Waals surface area contributed by atoms with E-state index >= 15 is 0 Å². The van der Waals surface area contributed by atoms with Crippen molar-refractivity contribution in [1.82, 2.24) is 5.32 Å². The van der Waals surface area contributed by atoms with E-state index in [9.17, 15) is 19.8 Å². The Bertz CT molecular complexity index is 487. The van der Waals surface area contributed by atoms with Gasteiger partial charge in [0.25, 0.3) is 0 Å². The summed E-state index contributed by atoms with van der Waals surface area (Å²) in [5.74, 6) is -1.21. The van der Waals surface area contributed by atoms with Crippen LogP contribution in [0.5, 0.6) is 5.75 Å². The van der Waals surface area contributed by atoms with E-state index in [1.165, 1.54) is 6.92 Å². The average Bonchev–Trinajstić information content (AvgIpc) is 2.38. The fourth-order valence-electron chi connectivity index (χ4n) is 2.06. The number of phenolic OH excluding ortho intramolecular Hbond substituents is 1. The van der Waals surface area contributed by atoms with Crippen molar-refractivity contribution in [3.05, 3.63) is 29.8 Å². The smallest absolute Gasteiger partial charge is 0.329 e. The highest BCUT2D eigenvalue weighted by Crippen LogP contribution is 2.18. The molecule has 5 heteroatoms. The number of carboxylic acid groups (broad SMARTS) is 1. The number of phenols is 1. The Balaban J connectivity index is 2.59. The van der Waals surface area contributed by atoms with Crippen LogP contribution in [0.1, 0.15) is 38.7 Å². The van der Waals surface area contributed by atoms with Gasteiger partial charge in [0.2, 0.25) is 5.91 Å². The molecule has 1 amide bonds. The van der Waals surface area contributed by atoms with Crippen molar-refractivity contribution in [3.8, 4) is 5.75 Å². The van der Waals surface area contributed by atoms with E-state index in [1.54, 1.807) is 24.3 Å². The molecule has 0 aromatic heterocycles. The molecule has 1 unspecified atom stereocenters. The molecule has 1 atom stereocenters. The number of carbonyl (C=O) groups excluding carboxylic acids is 1. The van der Waals surface area contributed by atoms with Crippen LogP contribution in [0.3, 0.4) is 0 Å². The predicted octanol–water partition coefficient (Wildman–Crippen LogP) is 2.08. The fourth-order valence-corrected chi connectivity index (χ4v) is 2.06. The molecule has 1 aromatic carbocycles. The average molecular weight is 279 g/mol. The van der Waals surface area contributed by atoms with E-state index in [0.29, 0.717) is 24.8 Å². The zero-order valence-corrected chi connectivity index (χ0v) is 11.8. The van der Waals surface area contributed by atoms with Crippen molar-refractivity contribution in [1.29, 1.82) is 0 Å². The van der Waals surface area contributed by atoms with Gasteiger partial charge in [0.15, 0.2) is 0 Å². The van der Waals surface area contributed by atoms with E-state index in [1.807, 2.05) is 6.92 Å². The molecule has 1 rings (SSSR count). The lowest BCUT2D eigenvalue weighted by Crippen LogP contribution is -2.52. The summed E-state index contributed by atoms with van der Waals surface area (Å²) < 4.78 is 0. The molecule has 110 valence electrons. The summed E-state index contributed by atoms with van der Waals surface area (Å²) in [4.78, 5) is 23.1. The number of benzene rings is 1. The first-order valence-corrected chi connectivity index (χ1v) is 6.70. The van der Waals surface area contributed by atoms with E-state index in [0.717, 1.165) is 0 Å². The first-order valence-electron chi connectivity index (χ1n) is 6.70. The molecular weight excluding hydrogens is 258 g/mol. The summed E-state index contributed by atoms with van der Waals surface area (Å²) in [5, 5.41) is 21.4. The van der Waals surface area contributed by atoms with Gasteiger partial charge in [-0.15, -0.1) is 0 Å². The van der Waals surface area contributed by atoms with Crippen LogP contribution in [0, 0.1) is 0 Å². The third-order valence-corrected chi connectivity index (χ3v) is 3.25. The van der Waals surface area contributed by atoms with Gasteiger partial charge in [-0.25, -0.2) is 4.79 Å². The van der Waals surface area contributed by atoms with Crippen molar-refractivity contribution < 1.29 is 19.8 Å². The zero-order chi connectivity index (χ0) is 15.2. The Morgan fingerprint density at radius 2 is 1.95 bits per heavy atom. The molecule has 0 spiro atoms. The summed E-state index contributed by atoms with van der Waals surface area (Å²) >= 11 is 0. The van der Waals surface area contributed by atoms with Gasteiger partial charge >= 0.3 is 5.97 Å². The molecule has 3 N–H and O–H groups in total. The van der Waals surface area contributed by atoms with E-state index in [2.05, 4.69) is 5.32 Å². The number of aliphatic carboxylic acids is 1. The monoisotopic (exact) mass is 279 g/mol. The van der Waals surface area contributed by atoms with Crippen molar-refractivity contribution >= 4 is 11.9 Å². The minimum atomic E-state index is -1.23.